The molecule has 0 bridgehead atoms. The molecule has 1 aliphatic carbocycles. The molecule has 27 heavy (non-hydrogen) atoms. The zero-order chi connectivity index (χ0) is 19.4. The minimum Gasteiger partial charge on any atom is -0.356 e. The largest absolute Gasteiger partial charge is 0.356 e. The first-order valence-electron chi connectivity index (χ1n) is 9.20. The lowest BCUT2D eigenvalue weighted by Crippen LogP contribution is -2.39. The van der Waals surface area contributed by atoms with E-state index < -0.39 is 9.84 Å². The topological polar surface area (TPSA) is 70.6 Å². The summed E-state index contributed by atoms with van der Waals surface area (Å²) in [6.45, 7) is 2.90. The van der Waals surface area contributed by atoms with Gasteiger partial charge in [-0.3, -0.25) is 4.99 Å². The monoisotopic (exact) mass is 385 g/mol. The molecule has 0 aromatic heterocycles. The van der Waals surface area contributed by atoms with Crippen LogP contribution in [0.3, 0.4) is 0 Å². The van der Waals surface area contributed by atoms with Crippen LogP contribution in [0.5, 0.6) is 0 Å². The molecule has 1 saturated carbocycles. The van der Waals surface area contributed by atoms with Crippen LogP contribution in [0, 0.1) is 6.92 Å². The maximum atomic E-state index is 11.5. The van der Waals surface area contributed by atoms with E-state index in [1.165, 1.54) is 17.4 Å². The molecule has 0 aliphatic heterocycles. The van der Waals surface area contributed by atoms with E-state index in [0.29, 0.717) is 16.9 Å². The molecule has 0 radical (unpaired) electrons. The van der Waals surface area contributed by atoms with Crippen LogP contribution in [0.15, 0.2) is 58.4 Å². The van der Waals surface area contributed by atoms with Crippen LogP contribution in [-0.2, 0) is 16.3 Å². The van der Waals surface area contributed by atoms with Gasteiger partial charge in [-0.25, -0.2) is 8.42 Å². The summed E-state index contributed by atoms with van der Waals surface area (Å²) in [7, 11) is -1.36. The molecule has 2 unspecified atom stereocenters. The highest BCUT2D eigenvalue weighted by molar-refractivity contribution is 7.90. The van der Waals surface area contributed by atoms with Crippen LogP contribution in [-0.4, -0.2) is 40.3 Å². The van der Waals surface area contributed by atoms with E-state index in [4.69, 9.17) is 0 Å². The lowest BCUT2D eigenvalue weighted by atomic mass is 10.0. The molecule has 0 saturated heterocycles. The van der Waals surface area contributed by atoms with Gasteiger partial charge in [0.25, 0.3) is 0 Å². The fourth-order valence-corrected chi connectivity index (χ4v) is 3.93. The summed E-state index contributed by atoms with van der Waals surface area (Å²) in [5.41, 5.74) is 3.85. The minimum atomic E-state index is -3.14. The number of sulfone groups is 1. The predicted molar refractivity (Wildman–Crippen MR) is 110 cm³/mol. The van der Waals surface area contributed by atoms with Crippen LogP contribution in [0.2, 0.25) is 0 Å². The van der Waals surface area contributed by atoms with E-state index in [-0.39, 0.29) is 0 Å². The number of rotatable bonds is 6. The Morgan fingerprint density at radius 1 is 1.15 bits per heavy atom. The van der Waals surface area contributed by atoms with E-state index in [0.717, 1.165) is 30.9 Å². The fraction of sp³-hybridized carbons (Fsp3) is 0.381. The van der Waals surface area contributed by atoms with Crippen molar-refractivity contribution in [3.63, 3.8) is 0 Å². The third kappa shape index (κ3) is 5.10. The molecule has 2 N–H and O–H groups in total. The Hall–Kier alpha value is -2.34. The first kappa shape index (κ1) is 19.4. The van der Waals surface area contributed by atoms with Crippen molar-refractivity contribution in [2.75, 3.05) is 19.8 Å². The van der Waals surface area contributed by atoms with Gasteiger partial charge in [-0.05, 0) is 48.6 Å². The van der Waals surface area contributed by atoms with Gasteiger partial charge in [-0.15, -0.1) is 0 Å². The zero-order valence-electron chi connectivity index (χ0n) is 16.1. The first-order chi connectivity index (χ1) is 12.9. The average molecular weight is 386 g/mol. The van der Waals surface area contributed by atoms with Gasteiger partial charge < -0.3 is 10.6 Å². The third-order valence-electron chi connectivity index (χ3n) is 4.98. The Labute approximate surface area is 161 Å². The summed E-state index contributed by atoms with van der Waals surface area (Å²) >= 11 is 0. The molecule has 2 aromatic carbocycles. The Bertz CT molecular complexity index is 921. The smallest absolute Gasteiger partial charge is 0.191 e. The number of guanidine groups is 1. The first-order valence-corrected chi connectivity index (χ1v) is 11.1. The van der Waals surface area contributed by atoms with Gasteiger partial charge >= 0.3 is 0 Å². The second kappa shape index (κ2) is 8.13. The zero-order valence-corrected chi connectivity index (χ0v) is 16.9. The Morgan fingerprint density at radius 3 is 2.48 bits per heavy atom. The Morgan fingerprint density at radius 2 is 1.85 bits per heavy atom. The summed E-state index contributed by atoms with van der Waals surface area (Å²) in [6, 6.07) is 16.0. The highest BCUT2D eigenvalue weighted by Gasteiger charge is 2.39. The van der Waals surface area contributed by atoms with Gasteiger partial charge in [0.05, 0.1) is 4.90 Å². The van der Waals surface area contributed by atoms with E-state index >= 15 is 0 Å². The number of benzene rings is 2. The van der Waals surface area contributed by atoms with Crippen molar-refractivity contribution in [1.82, 2.24) is 10.6 Å². The van der Waals surface area contributed by atoms with Crippen molar-refractivity contribution < 1.29 is 8.42 Å². The molecule has 6 heteroatoms. The van der Waals surface area contributed by atoms with Gasteiger partial charge in [0.15, 0.2) is 15.8 Å². The number of hydrogen-bond donors (Lipinski definition) is 2. The van der Waals surface area contributed by atoms with E-state index in [1.54, 1.807) is 19.2 Å². The lowest BCUT2D eigenvalue weighted by Gasteiger charge is -2.12. The van der Waals surface area contributed by atoms with Crippen LogP contribution in [0.1, 0.15) is 29.0 Å². The van der Waals surface area contributed by atoms with Crippen LogP contribution >= 0.6 is 0 Å². The van der Waals surface area contributed by atoms with E-state index in [2.05, 4.69) is 46.8 Å². The Kier molecular flexibility index (Phi) is 5.85. The van der Waals surface area contributed by atoms with Gasteiger partial charge in [0, 0.05) is 31.8 Å². The standard InChI is InChI=1S/C21H27N3O2S/c1-15-6-4-5-7-18(15)19-14-20(19)24-21(22-2)23-13-12-16-8-10-17(11-9-16)27(3,25)26/h4-11,19-20H,12-14H2,1-3H3,(H2,22,23,24). The van der Waals surface area contributed by atoms with Crippen molar-refractivity contribution in [1.29, 1.82) is 0 Å². The maximum Gasteiger partial charge on any atom is 0.191 e. The SMILES string of the molecule is CN=C(NCCc1ccc(S(C)(=O)=O)cc1)NC1CC1c1ccccc1C. The molecule has 0 heterocycles. The number of hydrogen-bond acceptors (Lipinski definition) is 3. The van der Waals surface area contributed by atoms with Crippen LogP contribution in [0.25, 0.3) is 0 Å². The Balaban J connectivity index is 1.47. The fourth-order valence-electron chi connectivity index (χ4n) is 3.30. The van der Waals surface area contributed by atoms with Crippen molar-refractivity contribution in [3.8, 4) is 0 Å². The van der Waals surface area contributed by atoms with Gasteiger partial charge in [-0.1, -0.05) is 36.4 Å². The third-order valence-corrected chi connectivity index (χ3v) is 6.11. The lowest BCUT2D eigenvalue weighted by molar-refractivity contribution is 0.602. The molecular weight excluding hydrogens is 358 g/mol. The summed E-state index contributed by atoms with van der Waals surface area (Å²) in [5.74, 6) is 1.36. The number of aliphatic imine (C=N–C) groups is 1. The van der Waals surface area contributed by atoms with Crippen LogP contribution in [0.4, 0.5) is 0 Å². The summed E-state index contributed by atoms with van der Waals surface area (Å²) in [6.07, 6.45) is 3.15. The molecule has 5 nitrogen and oxygen atoms in total. The maximum absolute atomic E-state index is 11.5. The van der Waals surface area contributed by atoms with E-state index in [9.17, 15) is 8.42 Å². The molecule has 1 fully saturated rings. The van der Waals surface area contributed by atoms with Gasteiger partial charge in [0.2, 0.25) is 0 Å². The quantitative estimate of drug-likeness (QED) is 0.592. The summed E-state index contributed by atoms with van der Waals surface area (Å²) in [4.78, 5) is 4.67. The molecule has 0 spiro atoms. The molecule has 2 aromatic rings. The number of aryl methyl sites for hydroxylation is 1. The van der Waals surface area contributed by atoms with Crippen molar-refractivity contribution in [3.05, 3.63) is 65.2 Å². The number of nitrogens with zero attached hydrogens (tertiary/aromatic N) is 1. The van der Waals surface area contributed by atoms with Crippen molar-refractivity contribution in [2.45, 2.75) is 36.6 Å². The highest BCUT2D eigenvalue weighted by atomic mass is 32.2. The van der Waals surface area contributed by atoms with Gasteiger partial charge in [0.1, 0.15) is 0 Å². The molecular formula is C21H27N3O2S. The minimum absolute atomic E-state index is 0.354. The van der Waals surface area contributed by atoms with E-state index in [1.807, 2.05) is 12.1 Å². The van der Waals surface area contributed by atoms with Crippen molar-refractivity contribution in [2.24, 2.45) is 4.99 Å². The normalized spacial score (nSPS) is 19.6. The average Bonchev–Trinajstić information content (AvgIpc) is 3.40. The molecule has 2 atom stereocenters. The molecule has 1 aliphatic rings. The number of nitrogens with one attached hydrogen (secondary N) is 2. The molecule has 3 rings (SSSR count). The molecule has 144 valence electrons. The second-order valence-electron chi connectivity index (χ2n) is 7.11. The van der Waals surface area contributed by atoms with Gasteiger partial charge in [-0.2, -0.15) is 0 Å². The highest BCUT2D eigenvalue weighted by Crippen LogP contribution is 2.41. The summed E-state index contributed by atoms with van der Waals surface area (Å²) in [5, 5.41) is 6.83. The summed E-state index contributed by atoms with van der Waals surface area (Å²) < 4.78 is 23.0. The molecule has 0 amide bonds. The second-order valence-corrected chi connectivity index (χ2v) is 9.13. The predicted octanol–water partition coefficient (Wildman–Crippen LogP) is 2.66. The van der Waals surface area contributed by atoms with Crippen LogP contribution < -0.4 is 10.6 Å². The van der Waals surface area contributed by atoms with Crippen molar-refractivity contribution >= 4 is 15.8 Å².